The number of hydrogen-bond acceptors (Lipinski definition) is 6. The van der Waals surface area contributed by atoms with E-state index in [9.17, 15) is 26.7 Å². The lowest BCUT2D eigenvalue weighted by Crippen LogP contribution is -2.53. The number of hydrogen-bond donors (Lipinski definition) is 1. The zero-order valence-electron chi connectivity index (χ0n) is 17.9. The van der Waals surface area contributed by atoms with Gasteiger partial charge < -0.3 is 10.2 Å². The summed E-state index contributed by atoms with van der Waals surface area (Å²) in [5, 5.41) is 4.72. The van der Waals surface area contributed by atoms with E-state index in [1.54, 1.807) is 12.3 Å². The van der Waals surface area contributed by atoms with E-state index in [2.05, 4.69) is 15.3 Å². The summed E-state index contributed by atoms with van der Waals surface area (Å²) in [5.74, 6) is -1.74. The van der Waals surface area contributed by atoms with Crippen LogP contribution in [0.2, 0.25) is 0 Å². The second-order valence-corrected chi connectivity index (χ2v) is 8.62. The lowest BCUT2D eigenvalue weighted by Gasteiger charge is -2.37. The third-order valence-electron chi connectivity index (χ3n) is 5.59. The molecule has 1 aromatic carbocycles. The van der Waals surface area contributed by atoms with Gasteiger partial charge in [-0.05, 0) is 37.3 Å². The number of piperazine rings is 1. The van der Waals surface area contributed by atoms with Gasteiger partial charge in [0.15, 0.2) is 16.8 Å². The first kappa shape index (κ1) is 24.0. The number of rotatable bonds is 5. The van der Waals surface area contributed by atoms with Gasteiger partial charge in [-0.3, -0.25) is 9.69 Å². The first-order valence-corrected chi connectivity index (χ1v) is 11.2. The van der Waals surface area contributed by atoms with E-state index in [1.165, 1.54) is 23.5 Å². The van der Waals surface area contributed by atoms with Crippen molar-refractivity contribution in [3.63, 3.8) is 0 Å². The van der Waals surface area contributed by atoms with Gasteiger partial charge in [-0.2, -0.15) is 13.2 Å². The highest BCUT2D eigenvalue weighted by molar-refractivity contribution is 7.14. The van der Waals surface area contributed by atoms with Gasteiger partial charge in [0.1, 0.15) is 5.82 Å². The van der Waals surface area contributed by atoms with Crippen LogP contribution >= 0.6 is 11.3 Å². The second kappa shape index (κ2) is 9.63. The van der Waals surface area contributed by atoms with Crippen LogP contribution in [0.25, 0.3) is 11.3 Å². The van der Waals surface area contributed by atoms with Gasteiger partial charge in [0.05, 0.1) is 17.3 Å². The van der Waals surface area contributed by atoms with Crippen LogP contribution in [-0.2, 0) is 11.0 Å². The molecule has 0 radical (unpaired) electrons. The highest BCUT2D eigenvalue weighted by Gasteiger charge is 2.31. The maximum Gasteiger partial charge on any atom is 0.417 e. The lowest BCUT2D eigenvalue weighted by atomic mass is 10.2. The summed E-state index contributed by atoms with van der Waals surface area (Å²) < 4.78 is 64.8. The predicted molar refractivity (Wildman–Crippen MR) is 119 cm³/mol. The van der Waals surface area contributed by atoms with Crippen LogP contribution in [-0.4, -0.2) is 53.0 Å². The van der Waals surface area contributed by atoms with E-state index in [-0.39, 0.29) is 5.91 Å². The van der Waals surface area contributed by atoms with Gasteiger partial charge in [0.25, 0.3) is 0 Å². The average molecular weight is 497 g/mol. The number of benzene rings is 1. The molecule has 34 heavy (non-hydrogen) atoms. The lowest BCUT2D eigenvalue weighted by molar-refractivity contribution is -0.137. The Hall–Kier alpha value is -3.12. The summed E-state index contributed by atoms with van der Waals surface area (Å²) >= 11 is 1.17. The molecule has 180 valence electrons. The van der Waals surface area contributed by atoms with E-state index < -0.39 is 29.4 Å². The Kier molecular flexibility index (Phi) is 6.80. The summed E-state index contributed by atoms with van der Waals surface area (Å²) in [7, 11) is 0. The number of carbonyl (C=O) groups excluding carboxylic acids is 1. The molecule has 1 atom stereocenters. The van der Waals surface area contributed by atoms with Crippen molar-refractivity contribution >= 4 is 28.2 Å². The Balaban J connectivity index is 1.32. The number of carbonyl (C=O) groups is 1. The van der Waals surface area contributed by atoms with Crippen molar-refractivity contribution in [1.29, 1.82) is 0 Å². The number of halogens is 5. The van der Waals surface area contributed by atoms with Crippen molar-refractivity contribution in [2.24, 2.45) is 0 Å². The van der Waals surface area contributed by atoms with Gasteiger partial charge in [0.2, 0.25) is 5.91 Å². The molecule has 0 spiro atoms. The highest BCUT2D eigenvalue weighted by atomic mass is 32.1. The molecular formula is C22H20F5N5OS. The molecular weight excluding hydrogens is 477 g/mol. The van der Waals surface area contributed by atoms with Crippen molar-refractivity contribution in [3.05, 3.63) is 59.1 Å². The minimum Gasteiger partial charge on any atom is -0.354 e. The predicted octanol–water partition coefficient (Wildman–Crippen LogP) is 4.65. The van der Waals surface area contributed by atoms with E-state index in [0.29, 0.717) is 48.4 Å². The molecule has 1 unspecified atom stereocenters. The molecule has 3 aromatic rings. The third kappa shape index (κ3) is 5.33. The van der Waals surface area contributed by atoms with Gasteiger partial charge in [-0.25, -0.2) is 18.7 Å². The number of amides is 1. The molecule has 1 aliphatic rings. The summed E-state index contributed by atoms with van der Waals surface area (Å²) in [5.41, 5.74) is 0.0243. The van der Waals surface area contributed by atoms with Gasteiger partial charge >= 0.3 is 6.18 Å². The standard InChI is InChI=1S/C22H20F5N5OS/c1-13(20(33)30-21-29-18(12-34-21)14-2-4-16(23)17(24)10-14)31-6-8-32(9-7-31)19-5-3-15(11-28-19)22(25,26)27/h2-5,10-13H,6-9H2,1H3,(H,29,30,33). The van der Waals surface area contributed by atoms with Gasteiger partial charge in [0, 0.05) is 43.3 Å². The fraction of sp³-hybridized carbons (Fsp3) is 0.318. The number of nitrogens with one attached hydrogen (secondary N) is 1. The number of pyridine rings is 1. The smallest absolute Gasteiger partial charge is 0.354 e. The summed E-state index contributed by atoms with van der Waals surface area (Å²) in [6.45, 7) is 3.82. The van der Waals surface area contributed by atoms with Crippen LogP contribution in [0.4, 0.5) is 32.9 Å². The van der Waals surface area contributed by atoms with Crippen molar-refractivity contribution in [1.82, 2.24) is 14.9 Å². The number of alkyl halides is 3. The maximum absolute atomic E-state index is 13.5. The Morgan fingerprint density at radius 2 is 1.82 bits per heavy atom. The topological polar surface area (TPSA) is 61.4 Å². The van der Waals surface area contributed by atoms with E-state index in [4.69, 9.17) is 0 Å². The highest BCUT2D eigenvalue weighted by Crippen LogP contribution is 2.30. The molecule has 1 N–H and O–H groups in total. The Labute approximate surface area is 196 Å². The monoisotopic (exact) mass is 497 g/mol. The Morgan fingerprint density at radius 3 is 2.44 bits per heavy atom. The summed E-state index contributed by atoms with van der Waals surface area (Å²) in [6.07, 6.45) is -3.61. The van der Waals surface area contributed by atoms with Crippen LogP contribution in [0.1, 0.15) is 12.5 Å². The quantitative estimate of drug-likeness (QED) is 0.520. The van der Waals surface area contributed by atoms with E-state index >= 15 is 0 Å². The molecule has 0 bridgehead atoms. The fourth-order valence-electron chi connectivity index (χ4n) is 3.57. The van der Waals surface area contributed by atoms with Crippen LogP contribution in [0.15, 0.2) is 41.9 Å². The maximum atomic E-state index is 13.5. The summed E-state index contributed by atoms with van der Waals surface area (Å²) in [6, 6.07) is 5.36. The van der Waals surface area contributed by atoms with Gasteiger partial charge in [-0.15, -0.1) is 11.3 Å². The fourth-order valence-corrected chi connectivity index (χ4v) is 4.30. The largest absolute Gasteiger partial charge is 0.417 e. The van der Waals surface area contributed by atoms with E-state index in [0.717, 1.165) is 24.4 Å². The SMILES string of the molecule is CC(C(=O)Nc1nc(-c2ccc(F)c(F)c2)cs1)N1CCN(c2ccc(C(F)(F)F)cn2)CC1. The number of thiazole rings is 1. The average Bonchev–Trinajstić information content (AvgIpc) is 3.28. The minimum absolute atomic E-state index is 0.271. The van der Waals surface area contributed by atoms with Crippen LogP contribution in [0.3, 0.4) is 0 Å². The normalized spacial score (nSPS) is 15.9. The molecule has 1 aliphatic heterocycles. The van der Waals surface area contributed by atoms with Crippen molar-refractivity contribution in [3.8, 4) is 11.3 Å². The Morgan fingerprint density at radius 1 is 1.09 bits per heavy atom. The van der Waals surface area contributed by atoms with E-state index in [1.807, 2.05) is 9.80 Å². The molecule has 0 saturated carbocycles. The molecule has 1 amide bonds. The number of anilines is 2. The molecule has 0 aliphatic carbocycles. The molecule has 1 fully saturated rings. The molecule has 12 heteroatoms. The zero-order valence-corrected chi connectivity index (χ0v) is 18.8. The van der Waals surface area contributed by atoms with Crippen molar-refractivity contribution in [2.45, 2.75) is 19.1 Å². The Bertz CT molecular complexity index is 1160. The molecule has 3 heterocycles. The molecule has 1 saturated heterocycles. The molecule has 2 aromatic heterocycles. The van der Waals surface area contributed by atoms with Crippen LogP contribution in [0.5, 0.6) is 0 Å². The minimum atomic E-state index is -4.43. The second-order valence-electron chi connectivity index (χ2n) is 7.76. The van der Waals surface area contributed by atoms with Gasteiger partial charge in [-0.1, -0.05) is 0 Å². The molecule has 4 rings (SSSR count). The van der Waals surface area contributed by atoms with Crippen LogP contribution < -0.4 is 10.2 Å². The first-order valence-electron chi connectivity index (χ1n) is 10.4. The number of aromatic nitrogens is 2. The number of nitrogens with zero attached hydrogens (tertiary/aromatic N) is 4. The van der Waals surface area contributed by atoms with Crippen LogP contribution in [0, 0.1) is 11.6 Å². The zero-order chi connectivity index (χ0) is 24.5. The first-order chi connectivity index (χ1) is 16.1. The third-order valence-corrected chi connectivity index (χ3v) is 6.35. The van der Waals surface area contributed by atoms with Crippen molar-refractivity contribution < 1.29 is 26.7 Å². The summed E-state index contributed by atoms with van der Waals surface area (Å²) in [4.78, 5) is 24.7. The molecule has 6 nitrogen and oxygen atoms in total. The van der Waals surface area contributed by atoms with Crippen molar-refractivity contribution in [2.75, 3.05) is 36.4 Å².